The molecule has 7 heteroatoms. The quantitative estimate of drug-likeness (QED) is 0.870. The number of aromatic nitrogens is 1. The van der Waals surface area contributed by atoms with E-state index in [-0.39, 0.29) is 5.91 Å². The van der Waals surface area contributed by atoms with Gasteiger partial charge in [-0.25, -0.2) is 0 Å². The van der Waals surface area contributed by atoms with Crippen molar-refractivity contribution in [3.8, 4) is 5.06 Å². The smallest absolute Gasteiger partial charge is 0.251 e. The molecule has 2 bridgehead atoms. The highest BCUT2D eigenvalue weighted by molar-refractivity contribution is 7.99. The maximum atomic E-state index is 12.5. The number of piperidine rings is 3. The predicted octanol–water partition coefficient (Wildman–Crippen LogP) is 3.13. The lowest BCUT2D eigenvalue weighted by molar-refractivity contribution is 0.0620. The van der Waals surface area contributed by atoms with Gasteiger partial charge < -0.3 is 15.0 Å². The number of nitrogens with zero attached hydrogens (tertiary/aromatic N) is 2. The first-order valence-electron chi connectivity index (χ1n) is 8.53. The molecule has 1 amide bonds. The molecule has 3 saturated heterocycles. The van der Waals surface area contributed by atoms with Crippen molar-refractivity contribution in [3.63, 3.8) is 0 Å². The first-order chi connectivity index (χ1) is 12.2. The van der Waals surface area contributed by atoms with Gasteiger partial charge in [-0.3, -0.25) is 4.79 Å². The lowest BCUT2D eigenvalue weighted by atomic mass is 9.84. The number of benzene rings is 1. The SMILES string of the molecule is COc1cc(Sc2ccc(C(=O)NC3CN4CCC3CC4)cc2)ns1. The Morgan fingerprint density at radius 2 is 2.08 bits per heavy atom. The summed E-state index contributed by atoms with van der Waals surface area (Å²) in [7, 11) is 1.64. The number of nitrogens with one attached hydrogen (secondary N) is 1. The highest BCUT2D eigenvalue weighted by atomic mass is 32.2. The summed E-state index contributed by atoms with van der Waals surface area (Å²) in [6.07, 6.45) is 2.41. The van der Waals surface area contributed by atoms with E-state index >= 15 is 0 Å². The fourth-order valence-electron chi connectivity index (χ4n) is 3.56. The molecule has 4 heterocycles. The van der Waals surface area contributed by atoms with E-state index in [0.29, 0.717) is 12.0 Å². The van der Waals surface area contributed by atoms with Gasteiger partial charge in [0.05, 0.1) is 7.11 Å². The van der Waals surface area contributed by atoms with E-state index in [1.54, 1.807) is 18.9 Å². The molecule has 3 fully saturated rings. The van der Waals surface area contributed by atoms with Gasteiger partial charge in [-0.05, 0) is 56.1 Å². The molecule has 1 N–H and O–H groups in total. The Kier molecular flexibility index (Phi) is 4.96. The summed E-state index contributed by atoms with van der Waals surface area (Å²) in [6, 6.07) is 9.95. The average molecular weight is 376 g/mol. The molecule has 1 unspecified atom stereocenters. The molecule has 1 aromatic carbocycles. The van der Waals surface area contributed by atoms with Crippen molar-refractivity contribution in [1.29, 1.82) is 0 Å². The molecule has 0 saturated carbocycles. The van der Waals surface area contributed by atoms with Crippen LogP contribution in [0.2, 0.25) is 0 Å². The van der Waals surface area contributed by atoms with Crippen LogP contribution in [0.4, 0.5) is 0 Å². The van der Waals surface area contributed by atoms with Crippen LogP contribution in [0.5, 0.6) is 5.06 Å². The molecule has 132 valence electrons. The number of rotatable bonds is 5. The number of hydrogen-bond donors (Lipinski definition) is 1. The second kappa shape index (κ2) is 7.35. The summed E-state index contributed by atoms with van der Waals surface area (Å²) in [4.78, 5) is 16.1. The number of methoxy groups -OCH3 is 1. The zero-order valence-corrected chi connectivity index (χ0v) is 15.7. The zero-order valence-electron chi connectivity index (χ0n) is 14.1. The molecule has 1 aromatic heterocycles. The normalized spacial score (nSPS) is 24.9. The Balaban J connectivity index is 1.37. The molecule has 2 aromatic rings. The van der Waals surface area contributed by atoms with Gasteiger partial charge in [0.1, 0.15) is 5.03 Å². The monoisotopic (exact) mass is 375 g/mol. The van der Waals surface area contributed by atoms with Crippen LogP contribution in [0, 0.1) is 5.92 Å². The lowest BCUT2D eigenvalue weighted by Crippen LogP contribution is -2.57. The average Bonchev–Trinajstić information content (AvgIpc) is 3.11. The maximum absolute atomic E-state index is 12.5. The third kappa shape index (κ3) is 3.83. The number of hydrogen-bond acceptors (Lipinski definition) is 6. The molecular weight excluding hydrogens is 354 g/mol. The van der Waals surface area contributed by atoms with Crippen molar-refractivity contribution in [1.82, 2.24) is 14.6 Å². The Bertz CT molecular complexity index is 739. The Morgan fingerprint density at radius 3 is 2.68 bits per heavy atom. The van der Waals surface area contributed by atoms with E-state index < -0.39 is 0 Å². The molecule has 0 radical (unpaired) electrons. The highest BCUT2D eigenvalue weighted by Crippen LogP contribution is 2.32. The standard InChI is InChI=1S/C18H21N3O2S2/c1-23-17-10-16(20-25-17)24-14-4-2-13(3-5-14)18(22)19-15-11-21-8-6-12(15)7-9-21/h2-5,10,12,15H,6-9,11H2,1H3,(H,19,22). The van der Waals surface area contributed by atoms with E-state index in [2.05, 4.69) is 14.6 Å². The summed E-state index contributed by atoms with van der Waals surface area (Å²) in [6.45, 7) is 3.37. The van der Waals surface area contributed by atoms with E-state index in [1.165, 1.54) is 37.5 Å². The summed E-state index contributed by atoms with van der Waals surface area (Å²) < 4.78 is 9.50. The van der Waals surface area contributed by atoms with Gasteiger partial charge in [0.25, 0.3) is 5.91 Å². The molecule has 3 aliphatic rings. The van der Waals surface area contributed by atoms with Gasteiger partial charge in [-0.15, -0.1) is 0 Å². The minimum Gasteiger partial charge on any atom is -0.486 e. The van der Waals surface area contributed by atoms with Gasteiger partial charge in [0, 0.05) is 40.6 Å². The molecule has 0 spiro atoms. The summed E-state index contributed by atoms with van der Waals surface area (Å²) in [5, 5.41) is 4.94. The Morgan fingerprint density at radius 1 is 1.32 bits per heavy atom. The topological polar surface area (TPSA) is 54.5 Å². The summed E-state index contributed by atoms with van der Waals surface area (Å²) in [5.41, 5.74) is 0.719. The van der Waals surface area contributed by atoms with Crippen molar-refractivity contribution in [2.45, 2.75) is 28.8 Å². The molecule has 25 heavy (non-hydrogen) atoms. The van der Waals surface area contributed by atoms with Crippen LogP contribution in [0.1, 0.15) is 23.2 Å². The van der Waals surface area contributed by atoms with Crippen molar-refractivity contribution in [3.05, 3.63) is 35.9 Å². The molecule has 3 aliphatic heterocycles. The van der Waals surface area contributed by atoms with Gasteiger partial charge in [0.2, 0.25) is 0 Å². The Labute approximate surface area is 155 Å². The number of carbonyl (C=O) groups excluding carboxylic acids is 1. The van der Waals surface area contributed by atoms with E-state index in [0.717, 1.165) is 27.1 Å². The fraction of sp³-hybridized carbons (Fsp3) is 0.444. The largest absolute Gasteiger partial charge is 0.486 e. The summed E-state index contributed by atoms with van der Waals surface area (Å²) in [5.74, 6) is 0.675. The van der Waals surface area contributed by atoms with Crippen LogP contribution in [-0.4, -0.2) is 48.0 Å². The number of fused-ring (bicyclic) bond motifs is 3. The maximum Gasteiger partial charge on any atom is 0.251 e. The molecule has 5 nitrogen and oxygen atoms in total. The number of ether oxygens (including phenoxy) is 1. The van der Waals surface area contributed by atoms with Gasteiger partial charge in [0.15, 0.2) is 5.06 Å². The first-order valence-corrected chi connectivity index (χ1v) is 10.1. The van der Waals surface area contributed by atoms with E-state index in [9.17, 15) is 4.79 Å². The summed E-state index contributed by atoms with van der Waals surface area (Å²) >= 11 is 2.91. The van der Waals surface area contributed by atoms with Gasteiger partial charge in [-0.2, -0.15) is 4.37 Å². The van der Waals surface area contributed by atoms with Gasteiger partial charge >= 0.3 is 0 Å². The molecular formula is C18H21N3O2S2. The highest BCUT2D eigenvalue weighted by Gasteiger charge is 2.34. The van der Waals surface area contributed by atoms with Crippen LogP contribution in [0.15, 0.2) is 40.3 Å². The van der Waals surface area contributed by atoms with Gasteiger partial charge in [-0.1, -0.05) is 11.8 Å². The minimum absolute atomic E-state index is 0.0330. The van der Waals surface area contributed by atoms with Crippen LogP contribution in [0.25, 0.3) is 0 Å². The first kappa shape index (κ1) is 16.9. The van der Waals surface area contributed by atoms with Crippen molar-refractivity contribution in [2.75, 3.05) is 26.7 Å². The van der Waals surface area contributed by atoms with Crippen LogP contribution in [-0.2, 0) is 0 Å². The second-order valence-electron chi connectivity index (χ2n) is 6.53. The van der Waals surface area contributed by atoms with Crippen LogP contribution in [0.3, 0.4) is 0 Å². The number of amides is 1. The number of carbonyl (C=O) groups is 1. The fourth-order valence-corrected chi connectivity index (χ4v) is 5.05. The third-order valence-electron chi connectivity index (χ3n) is 4.98. The van der Waals surface area contributed by atoms with Crippen molar-refractivity contribution < 1.29 is 9.53 Å². The Hall–Kier alpha value is -1.57. The van der Waals surface area contributed by atoms with Crippen LogP contribution >= 0.6 is 23.3 Å². The van der Waals surface area contributed by atoms with E-state index in [4.69, 9.17) is 4.74 Å². The van der Waals surface area contributed by atoms with Crippen molar-refractivity contribution in [2.24, 2.45) is 5.92 Å². The molecule has 0 aliphatic carbocycles. The zero-order chi connectivity index (χ0) is 17.2. The predicted molar refractivity (Wildman–Crippen MR) is 99.6 cm³/mol. The molecule has 5 rings (SSSR count). The van der Waals surface area contributed by atoms with E-state index in [1.807, 2.05) is 30.3 Å². The molecule has 1 atom stereocenters. The van der Waals surface area contributed by atoms with Crippen molar-refractivity contribution >= 4 is 29.2 Å². The lowest BCUT2D eigenvalue weighted by Gasteiger charge is -2.44. The van der Waals surface area contributed by atoms with Crippen LogP contribution < -0.4 is 10.1 Å². The minimum atomic E-state index is 0.0330. The third-order valence-corrected chi connectivity index (χ3v) is 6.77. The second-order valence-corrected chi connectivity index (χ2v) is 8.39.